The van der Waals surface area contributed by atoms with E-state index >= 15 is 0 Å². The fraction of sp³-hybridized carbons (Fsp3) is 0. The molecular formula is C14H9Cl2N3S. The minimum absolute atomic E-state index is 0.562. The summed E-state index contributed by atoms with van der Waals surface area (Å²) >= 11 is 13.7. The van der Waals surface area contributed by atoms with Gasteiger partial charge in [-0.25, -0.2) is 4.98 Å². The van der Waals surface area contributed by atoms with Crippen LogP contribution in [0.3, 0.4) is 0 Å². The molecule has 2 aromatic carbocycles. The third kappa shape index (κ3) is 2.77. The van der Waals surface area contributed by atoms with Crippen LogP contribution in [0, 0.1) is 0 Å². The molecule has 0 spiro atoms. The maximum Gasteiger partial charge on any atom is 0.204 e. The Balaban J connectivity index is 1.80. The van der Waals surface area contributed by atoms with Gasteiger partial charge in [-0.05, 0) is 24.3 Å². The Labute approximate surface area is 129 Å². The van der Waals surface area contributed by atoms with Gasteiger partial charge in [-0.15, -0.1) is 0 Å². The molecule has 0 aliphatic carbocycles. The average Bonchev–Trinajstić information content (AvgIpc) is 2.84. The van der Waals surface area contributed by atoms with E-state index in [-0.39, 0.29) is 0 Å². The largest absolute Gasteiger partial charge is 0.253 e. The van der Waals surface area contributed by atoms with Crippen molar-refractivity contribution in [2.45, 2.75) is 0 Å². The van der Waals surface area contributed by atoms with Gasteiger partial charge >= 0.3 is 0 Å². The lowest BCUT2D eigenvalue weighted by molar-refractivity contribution is 1.31. The third-order valence-corrected chi connectivity index (χ3v) is 4.25. The number of anilines is 1. The second-order valence-corrected chi connectivity index (χ2v) is 5.84. The summed E-state index contributed by atoms with van der Waals surface area (Å²) in [6.07, 6.45) is 1.59. The predicted octanol–water partition coefficient (Wildman–Crippen LogP) is 5.05. The zero-order valence-corrected chi connectivity index (χ0v) is 12.5. The maximum atomic E-state index is 6.06. The van der Waals surface area contributed by atoms with Gasteiger partial charge in [0, 0.05) is 5.56 Å². The van der Waals surface area contributed by atoms with Crippen molar-refractivity contribution in [3.05, 3.63) is 58.1 Å². The van der Waals surface area contributed by atoms with Crippen molar-refractivity contribution < 1.29 is 0 Å². The van der Waals surface area contributed by atoms with Crippen LogP contribution in [0.2, 0.25) is 10.0 Å². The van der Waals surface area contributed by atoms with Gasteiger partial charge in [0.15, 0.2) is 0 Å². The maximum absolute atomic E-state index is 6.06. The standard InChI is InChI=1S/C14H9Cl2N3S/c15-10-4-3-5-11(16)9(10)8-17-19-14-18-12-6-1-2-7-13(12)20-14/h1-8H,(H,18,19)/b17-8-. The fourth-order valence-corrected chi connectivity index (χ4v) is 3.02. The van der Waals surface area contributed by atoms with Crippen LogP contribution in [0.4, 0.5) is 5.13 Å². The summed E-state index contributed by atoms with van der Waals surface area (Å²) in [5.74, 6) is 0. The first-order chi connectivity index (χ1) is 9.74. The van der Waals surface area contributed by atoms with E-state index in [1.807, 2.05) is 24.3 Å². The monoisotopic (exact) mass is 321 g/mol. The minimum Gasteiger partial charge on any atom is -0.253 e. The highest BCUT2D eigenvalue weighted by molar-refractivity contribution is 7.22. The Kier molecular flexibility index (Phi) is 3.87. The molecule has 0 unspecified atom stereocenters. The molecule has 3 nitrogen and oxygen atoms in total. The van der Waals surface area contributed by atoms with E-state index in [9.17, 15) is 0 Å². The van der Waals surface area contributed by atoms with E-state index < -0.39 is 0 Å². The van der Waals surface area contributed by atoms with Gasteiger partial charge in [-0.2, -0.15) is 5.10 Å². The number of thiazole rings is 1. The molecule has 3 rings (SSSR count). The van der Waals surface area contributed by atoms with Crippen LogP contribution in [0.25, 0.3) is 10.2 Å². The summed E-state index contributed by atoms with van der Waals surface area (Å²) in [6.45, 7) is 0. The second kappa shape index (κ2) is 5.79. The molecule has 0 aliphatic rings. The predicted molar refractivity (Wildman–Crippen MR) is 87.3 cm³/mol. The van der Waals surface area contributed by atoms with Crippen LogP contribution < -0.4 is 5.43 Å². The lowest BCUT2D eigenvalue weighted by Crippen LogP contribution is -1.91. The molecule has 0 saturated heterocycles. The molecule has 100 valence electrons. The molecule has 1 N–H and O–H groups in total. The van der Waals surface area contributed by atoms with E-state index in [0.717, 1.165) is 15.3 Å². The molecule has 1 heterocycles. The van der Waals surface area contributed by atoms with Gasteiger partial charge in [0.2, 0.25) is 5.13 Å². The number of para-hydroxylation sites is 1. The van der Waals surface area contributed by atoms with Gasteiger partial charge in [-0.3, -0.25) is 5.43 Å². The Bertz CT molecular complexity index is 730. The summed E-state index contributed by atoms with van der Waals surface area (Å²) < 4.78 is 1.11. The van der Waals surface area contributed by atoms with Crippen molar-refractivity contribution in [1.82, 2.24) is 4.98 Å². The molecule has 0 radical (unpaired) electrons. The highest BCUT2D eigenvalue weighted by Gasteiger charge is 2.03. The minimum atomic E-state index is 0.562. The summed E-state index contributed by atoms with van der Waals surface area (Å²) in [6, 6.07) is 13.3. The normalized spacial score (nSPS) is 11.3. The number of rotatable bonds is 3. The van der Waals surface area contributed by atoms with E-state index in [1.165, 1.54) is 11.3 Å². The van der Waals surface area contributed by atoms with Crippen molar-refractivity contribution >= 4 is 56.1 Å². The number of fused-ring (bicyclic) bond motifs is 1. The average molecular weight is 322 g/mol. The zero-order valence-electron chi connectivity index (χ0n) is 10.2. The van der Waals surface area contributed by atoms with Crippen LogP contribution in [0.15, 0.2) is 47.6 Å². The Morgan fingerprint density at radius 2 is 1.80 bits per heavy atom. The second-order valence-electron chi connectivity index (χ2n) is 3.99. The van der Waals surface area contributed by atoms with Crippen molar-refractivity contribution in [2.75, 3.05) is 5.43 Å². The van der Waals surface area contributed by atoms with Gasteiger partial charge in [0.25, 0.3) is 0 Å². The van der Waals surface area contributed by atoms with Gasteiger partial charge in [0.1, 0.15) is 0 Å². The van der Waals surface area contributed by atoms with Gasteiger partial charge in [-0.1, -0.05) is 52.7 Å². The molecule has 6 heteroatoms. The number of hydrazone groups is 1. The molecule has 20 heavy (non-hydrogen) atoms. The van der Waals surface area contributed by atoms with Crippen LogP contribution in [0.5, 0.6) is 0 Å². The first-order valence-electron chi connectivity index (χ1n) is 5.83. The topological polar surface area (TPSA) is 37.3 Å². The van der Waals surface area contributed by atoms with Gasteiger partial charge in [0.05, 0.1) is 26.5 Å². The van der Waals surface area contributed by atoms with Crippen molar-refractivity contribution in [1.29, 1.82) is 0 Å². The van der Waals surface area contributed by atoms with Crippen molar-refractivity contribution in [3.8, 4) is 0 Å². The molecule has 0 atom stereocenters. The Hall–Kier alpha value is -1.62. The van der Waals surface area contributed by atoms with Crippen LogP contribution in [-0.2, 0) is 0 Å². The van der Waals surface area contributed by atoms with Crippen LogP contribution in [-0.4, -0.2) is 11.2 Å². The number of hydrogen-bond donors (Lipinski definition) is 1. The lowest BCUT2D eigenvalue weighted by atomic mass is 10.2. The van der Waals surface area contributed by atoms with Crippen molar-refractivity contribution in [3.63, 3.8) is 0 Å². The molecule has 3 aromatic rings. The molecule has 0 bridgehead atoms. The quantitative estimate of drug-likeness (QED) is 0.541. The number of halogens is 2. The Morgan fingerprint density at radius 3 is 2.55 bits per heavy atom. The number of nitrogens with one attached hydrogen (secondary N) is 1. The fourth-order valence-electron chi connectivity index (χ4n) is 1.71. The number of aromatic nitrogens is 1. The highest BCUT2D eigenvalue weighted by Crippen LogP contribution is 2.26. The lowest BCUT2D eigenvalue weighted by Gasteiger charge is -2.00. The smallest absolute Gasteiger partial charge is 0.204 e. The highest BCUT2D eigenvalue weighted by atomic mass is 35.5. The molecule has 1 aromatic heterocycles. The zero-order chi connectivity index (χ0) is 13.9. The van der Waals surface area contributed by atoms with E-state index in [4.69, 9.17) is 23.2 Å². The number of nitrogens with zero attached hydrogens (tertiary/aromatic N) is 2. The molecule has 0 aliphatic heterocycles. The molecule has 0 saturated carbocycles. The number of benzene rings is 2. The first-order valence-corrected chi connectivity index (χ1v) is 7.40. The third-order valence-electron chi connectivity index (χ3n) is 2.65. The summed E-state index contributed by atoms with van der Waals surface area (Å²) in [7, 11) is 0. The summed E-state index contributed by atoms with van der Waals surface area (Å²) in [5, 5.41) is 5.98. The molecular weight excluding hydrogens is 313 g/mol. The van der Waals surface area contributed by atoms with E-state index in [1.54, 1.807) is 24.4 Å². The number of hydrogen-bond acceptors (Lipinski definition) is 4. The van der Waals surface area contributed by atoms with Crippen LogP contribution >= 0.6 is 34.5 Å². The Morgan fingerprint density at radius 1 is 1.05 bits per heavy atom. The van der Waals surface area contributed by atoms with Crippen LogP contribution in [0.1, 0.15) is 5.56 Å². The SMILES string of the molecule is Clc1cccc(Cl)c1/C=N\Nc1nc2ccccc2s1. The van der Waals surface area contributed by atoms with Crippen molar-refractivity contribution in [2.24, 2.45) is 5.10 Å². The summed E-state index contributed by atoms with van der Waals surface area (Å²) in [4.78, 5) is 4.42. The first kappa shape index (κ1) is 13.4. The summed E-state index contributed by atoms with van der Waals surface area (Å²) in [5.41, 5.74) is 4.53. The van der Waals surface area contributed by atoms with Gasteiger partial charge < -0.3 is 0 Å². The van der Waals surface area contributed by atoms with E-state index in [0.29, 0.717) is 15.6 Å². The van der Waals surface area contributed by atoms with E-state index in [2.05, 4.69) is 15.5 Å². The molecule has 0 amide bonds. The molecule has 0 fully saturated rings.